The molecule has 7 N–H and O–H groups in total. The van der Waals surface area contributed by atoms with Gasteiger partial charge in [-0.15, -0.1) is 0 Å². The van der Waals surface area contributed by atoms with Gasteiger partial charge in [-0.3, -0.25) is 5.43 Å². The van der Waals surface area contributed by atoms with Crippen LogP contribution in [-0.4, -0.2) is 56.7 Å². The second kappa shape index (κ2) is 6.62. The summed E-state index contributed by atoms with van der Waals surface area (Å²) in [4.78, 5) is 0. The number of aliphatic hydroxyl groups excluding tert-OH is 4. The predicted molar refractivity (Wildman–Crippen MR) is 53.5 cm³/mol. The smallest absolute Gasteiger partial charge is 0.184 e. The fourth-order valence-corrected chi connectivity index (χ4v) is 0.654. The van der Waals surface area contributed by atoms with Crippen molar-refractivity contribution in [2.45, 2.75) is 18.3 Å². The van der Waals surface area contributed by atoms with E-state index in [9.17, 15) is 0 Å². The van der Waals surface area contributed by atoms with Crippen LogP contribution in [-0.2, 0) is 0 Å². The first-order valence-electron chi connectivity index (χ1n) is 3.72. The molecular formula is C6H13N3O4S. The molecule has 0 amide bonds. The zero-order valence-electron chi connectivity index (χ0n) is 7.24. The molecule has 0 fully saturated rings. The van der Waals surface area contributed by atoms with Crippen molar-refractivity contribution in [1.82, 2.24) is 5.43 Å². The maximum atomic E-state index is 9.14. The van der Waals surface area contributed by atoms with E-state index in [-0.39, 0.29) is 5.11 Å². The van der Waals surface area contributed by atoms with Gasteiger partial charge in [0.15, 0.2) is 5.11 Å². The van der Waals surface area contributed by atoms with Crippen LogP contribution in [0.3, 0.4) is 0 Å². The van der Waals surface area contributed by atoms with Crippen LogP contribution in [0.2, 0.25) is 0 Å². The third-order valence-corrected chi connectivity index (χ3v) is 1.42. The van der Waals surface area contributed by atoms with Crippen molar-refractivity contribution in [3.8, 4) is 0 Å². The maximum Gasteiger partial charge on any atom is 0.184 e. The molecule has 0 aliphatic carbocycles. The summed E-state index contributed by atoms with van der Waals surface area (Å²) in [5, 5.41) is 38.9. The third-order valence-electron chi connectivity index (χ3n) is 1.33. The Labute approximate surface area is 85.9 Å². The van der Waals surface area contributed by atoms with E-state index >= 15 is 0 Å². The van der Waals surface area contributed by atoms with Gasteiger partial charge in [0, 0.05) is 0 Å². The van der Waals surface area contributed by atoms with Gasteiger partial charge in [0.1, 0.15) is 18.3 Å². The fourth-order valence-electron chi connectivity index (χ4n) is 0.601. The molecule has 0 saturated carbocycles. The molecule has 0 aliphatic rings. The van der Waals surface area contributed by atoms with E-state index in [4.69, 9.17) is 26.2 Å². The first kappa shape index (κ1) is 13.2. The zero-order chi connectivity index (χ0) is 11.1. The Morgan fingerprint density at radius 3 is 2.50 bits per heavy atom. The highest BCUT2D eigenvalue weighted by atomic mass is 32.1. The minimum atomic E-state index is -1.52. The maximum absolute atomic E-state index is 9.14. The summed E-state index contributed by atoms with van der Waals surface area (Å²) in [7, 11) is 0. The van der Waals surface area contributed by atoms with Gasteiger partial charge in [0.2, 0.25) is 0 Å². The largest absolute Gasteiger partial charge is 0.394 e. The van der Waals surface area contributed by atoms with Gasteiger partial charge in [0.25, 0.3) is 0 Å². The van der Waals surface area contributed by atoms with Gasteiger partial charge in [-0.25, -0.2) is 0 Å². The SMILES string of the molecule is NC(=S)N/N=C/[C@H](O)[C@@H](O)[C@H](O)CO. The summed E-state index contributed by atoms with van der Waals surface area (Å²) in [6.45, 7) is -0.658. The van der Waals surface area contributed by atoms with Crippen molar-refractivity contribution in [1.29, 1.82) is 0 Å². The van der Waals surface area contributed by atoms with Gasteiger partial charge in [0.05, 0.1) is 12.8 Å². The van der Waals surface area contributed by atoms with Crippen molar-refractivity contribution in [2.24, 2.45) is 10.8 Å². The summed E-state index contributed by atoms with van der Waals surface area (Å²) in [5.74, 6) is 0. The van der Waals surface area contributed by atoms with E-state index < -0.39 is 24.9 Å². The first-order chi connectivity index (χ1) is 6.49. The Hall–Kier alpha value is -0.800. The van der Waals surface area contributed by atoms with Crippen LogP contribution in [0.5, 0.6) is 0 Å². The summed E-state index contributed by atoms with van der Waals surface area (Å²) in [5.41, 5.74) is 7.17. The summed E-state index contributed by atoms with van der Waals surface area (Å²) >= 11 is 4.41. The van der Waals surface area contributed by atoms with Crippen LogP contribution in [0.25, 0.3) is 0 Å². The van der Waals surface area contributed by atoms with Gasteiger partial charge in [-0.2, -0.15) is 5.10 Å². The first-order valence-corrected chi connectivity index (χ1v) is 4.13. The minimum Gasteiger partial charge on any atom is -0.394 e. The van der Waals surface area contributed by atoms with E-state index in [0.717, 1.165) is 6.21 Å². The van der Waals surface area contributed by atoms with Crippen molar-refractivity contribution < 1.29 is 20.4 Å². The number of rotatable bonds is 5. The van der Waals surface area contributed by atoms with Crippen LogP contribution >= 0.6 is 12.2 Å². The lowest BCUT2D eigenvalue weighted by atomic mass is 10.1. The van der Waals surface area contributed by atoms with Crippen LogP contribution in [0.15, 0.2) is 5.10 Å². The number of nitrogens with one attached hydrogen (secondary N) is 1. The Balaban J connectivity index is 3.99. The van der Waals surface area contributed by atoms with E-state index in [1.54, 1.807) is 0 Å². The van der Waals surface area contributed by atoms with E-state index in [0.29, 0.717) is 0 Å². The Morgan fingerprint density at radius 1 is 1.50 bits per heavy atom. The fraction of sp³-hybridized carbons (Fsp3) is 0.667. The number of hydrazone groups is 1. The average Bonchev–Trinajstić information content (AvgIpc) is 2.14. The molecule has 14 heavy (non-hydrogen) atoms. The quantitative estimate of drug-likeness (QED) is 0.165. The number of nitrogens with zero attached hydrogens (tertiary/aromatic N) is 1. The van der Waals surface area contributed by atoms with Gasteiger partial charge < -0.3 is 26.2 Å². The van der Waals surface area contributed by atoms with Gasteiger partial charge >= 0.3 is 0 Å². The standard InChI is InChI=1S/C6H13N3O4S/c7-6(14)9-8-1-3(11)5(13)4(12)2-10/h1,3-5,10-13H,2H2,(H3,7,9,14)/b8-1+/t3-,4+,5+/m0/s1. The molecule has 0 aromatic rings. The van der Waals surface area contributed by atoms with Gasteiger partial charge in [-0.05, 0) is 12.2 Å². The Bertz CT molecular complexity index is 213. The molecular weight excluding hydrogens is 210 g/mol. The number of aliphatic hydroxyl groups is 4. The summed E-state index contributed by atoms with van der Waals surface area (Å²) in [6, 6.07) is 0. The van der Waals surface area contributed by atoms with E-state index in [2.05, 4.69) is 22.7 Å². The highest BCUT2D eigenvalue weighted by Gasteiger charge is 2.22. The van der Waals surface area contributed by atoms with Crippen LogP contribution in [0, 0.1) is 0 Å². The lowest BCUT2D eigenvalue weighted by Crippen LogP contribution is -2.40. The predicted octanol–water partition coefficient (Wildman–Crippen LogP) is -3.12. The van der Waals surface area contributed by atoms with Crippen LogP contribution < -0.4 is 11.2 Å². The molecule has 0 aliphatic heterocycles. The number of hydrogen-bond acceptors (Lipinski definition) is 6. The van der Waals surface area contributed by atoms with Crippen molar-refractivity contribution >= 4 is 23.5 Å². The molecule has 0 spiro atoms. The normalized spacial score (nSPS) is 17.7. The summed E-state index contributed by atoms with van der Waals surface area (Å²) in [6.07, 6.45) is -3.46. The molecule has 0 heterocycles. The minimum absolute atomic E-state index is 0.0920. The number of hydrogen-bond donors (Lipinski definition) is 6. The molecule has 0 unspecified atom stereocenters. The number of nitrogens with two attached hydrogens (primary N) is 1. The lowest BCUT2D eigenvalue weighted by molar-refractivity contribution is -0.0542. The summed E-state index contributed by atoms with van der Waals surface area (Å²) < 4.78 is 0. The molecule has 82 valence electrons. The molecule has 7 nitrogen and oxygen atoms in total. The molecule has 3 atom stereocenters. The average molecular weight is 223 g/mol. The second-order valence-corrected chi connectivity index (χ2v) is 2.93. The molecule has 0 aromatic carbocycles. The van der Waals surface area contributed by atoms with Gasteiger partial charge in [-0.1, -0.05) is 0 Å². The molecule has 0 bridgehead atoms. The topological polar surface area (TPSA) is 131 Å². The number of thiocarbonyl (C=S) groups is 1. The lowest BCUT2D eigenvalue weighted by Gasteiger charge is -2.17. The molecule has 8 heteroatoms. The monoisotopic (exact) mass is 223 g/mol. The highest BCUT2D eigenvalue weighted by molar-refractivity contribution is 7.80. The van der Waals surface area contributed by atoms with E-state index in [1.807, 2.05) is 0 Å². The van der Waals surface area contributed by atoms with Crippen molar-refractivity contribution in [3.05, 3.63) is 0 Å². The molecule has 0 radical (unpaired) electrons. The Kier molecular flexibility index (Phi) is 6.25. The van der Waals surface area contributed by atoms with Crippen molar-refractivity contribution in [3.63, 3.8) is 0 Å². The Morgan fingerprint density at radius 2 is 2.07 bits per heavy atom. The molecule has 0 aromatic heterocycles. The van der Waals surface area contributed by atoms with Crippen LogP contribution in [0.1, 0.15) is 0 Å². The third kappa shape index (κ3) is 5.04. The van der Waals surface area contributed by atoms with E-state index in [1.165, 1.54) is 0 Å². The molecule has 0 saturated heterocycles. The second-order valence-electron chi connectivity index (χ2n) is 2.49. The zero-order valence-corrected chi connectivity index (χ0v) is 8.05. The van der Waals surface area contributed by atoms with Crippen molar-refractivity contribution in [2.75, 3.05) is 6.61 Å². The molecule has 0 rings (SSSR count). The highest BCUT2D eigenvalue weighted by Crippen LogP contribution is 1.97. The van der Waals surface area contributed by atoms with Crippen LogP contribution in [0.4, 0.5) is 0 Å².